The van der Waals surface area contributed by atoms with E-state index in [0.717, 1.165) is 53.0 Å². The van der Waals surface area contributed by atoms with Gasteiger partial charge in [0.05, 0.1) is 25.5 Å². The number of fused-ring (bicyclic) bond motifs is 1. The summed E-state index contributed by atoms with van der Waals surface area (Å²) in [4.78, 5) is 21.5. The van der Waals surface area contributed by atoms with Crippen LogP contribution in [0, 0.1) is 5.92 Å². The molecule has 1 fully saturated rings. The lowest BCUT2D eigenvalue weighted by molar-refractivity contribution is -0.125. The van der Waals surface area contributed by atoms with Crippen LogP contribution in [0.15, 0.2) is 48.0 Å². The van der Waals surface area contributed by atoms with Crippen LogP contribution in [0.3, 0.4) is 0 Å². The number of nitrogens with zero attached hydrogens (tertiary/aromatic N) is 4. The Morgan fingerprint density at radius 1 is 1.23 bits per heavy atom. The Labute approximate surface area is 188 Å². The summed E-state index contributed by atoms with van der Waals surface area (Å²) >= 11 is 3.26. The fraction of sp³-hybridized carbons (Fsp3) is 0.318. The van der Waals surface area contributed by atoms with E-state index >= 15 is 0 Å². The van der Waals surface area contributed by atoms with Crippen molar-refractivity contribution in [1.29, 1.82) is 0 Å². The van der Waals surface area contributed by atoms with Crippen molar-refractivity contribution in [2.24, 2.45) is 5.92 Å². The number of ether oxygens (including phenoxy) is 1. The van der Waals surface area contributed by atoms with E-state index in [1.807, 2.05) is 52.5 Å². The molecular formula is C22H23N5O2S2. The van der Waals surface area contributed by atoms with Crippen LogP contribution in [0.2, 0.25) is 0 Å². The summed E-state index contributed by atoms with van der Waals surface area (Å²) in [5.41, 5.74) is 1.93. The first-order valence-corrected chi connectivity index (χ1v) is 11.9. The van der Waals surface area contributed by atoms with Crippen LogP contribution in [0.4, 0.5) is 5.13 Å². The van der Waals surface area contributed by atoms with Crippen molar-refractivity contribution >= 4 is 38.7 Å². The van der Waals surface area contributed by atoms with E-state index in [4.69, 9.17) is 14.8 Å². The fourth-order valence-electron chi connectivity index (χ4n) is 3.78. The van der Waals surface area contributed by atoms with Crippen LogP contribution in [0.25, 0.3) is 16.2 Å². The van der Waals surface area contributed by atoms with E-state index < -0.39 is 0 Å². The standard InChI is InChI=1S/C22H23N5O2S2/c1-29-17-6-4-15(5-7-17)19-14-27-21(24-19)31-22(25-27)26-10-8-16(9-11-26)20(28)23-13-18-3-2-12-30-18/h2-7,12,14,16H,8-11,13H2,1H3,(H,23,28). The first kappa shape index (κ1) is 20.0. The van der Waals surface area contributed by atoms with Gasteiger partial charge in [0.15, 0.2) is 0 Å². The molecule has 9 heteroatoms. The SMILES string of the molecule is COc1ccc(-c2cn3nc(N4CCC(C(=O)NCc5cccs5)CC4)sc3n2)cc1. The molecule has 4 heterocycles. The Morgan fingerprint density at radius 2 is 2.03 bits per heavy atom. The molecule has 0 spiro atoms. The van der Waals surface area contributed by atoms with Crippen LogP contribution in [0.1, 0.15) is 17.7 Å². The monoisotopic (exact) mass is 453 g/mol. The molecule has 31 heavy (non-hydrogen) atoms. The molecule has 0 radical (unpaired) electrons. The van der Waals surface area contributed by atoms with Crippen molar-refractivity contribution in [3.8, 4) is 17.0 Å². The Bertz CT molecular complexity index is 1130. The van der Waals surface area contributed by atoms with Gasteiger partial charge in [-0.1, -0.05) is 17.4 Å². The number of anilines is 1. The van der Waals surface area contributed by atoms with Gasteiger partial charge >= 0.3 is 0 Å². The number of amides is 1. The summed E-state index contributed by atoms with van der Waals surface area (Å²) in [7, 11) is 1.66. The lowest BCUT2D eigenvalue weighted by atomic mass is 9.96. The van der Waals surface area contributed by atoms with Gasteiger partial charge in [0.1, 0.15) is 5.75 Å². The lowest BCUT2D eigenvalue weighted by Gasteiger charge is -2.30. The van der Waals surface area contributed by atoms with Crippen molar-refractivity contribution in [2.45, 2.75) is 19.4 Å². The second-order valence-corrected chi connectivity index (χ2v) is 9.49. The van der Waals surface area contributed by atoms with Gasteiger partial charge in [-0.05, 0) is 48.6 Å². The average molecular weight is 454 g/mol. The number of aromatic nitrogens is 3. The molecule has 1 amide bonds. The average Bonchev–Trinajstić information content (AvgIpc) is 3.54. The molecule has 4 aromatic rings. The summed E-state index contributed by atoms with van der Waals surface area (Å²) in [5.74, 6) is 1.06. The first-order valence-electron chi connectivity index (χ1n) is 10.3. The topological polar surface area (TPSA) is 71.8 Å². The lowest BCUT2D eigenvalue weighted by Crippen LogP contribution is -2.40. The summed E-state index contributed by atoms with van der Waals surface area (Å²) in [6, 6.07) is 11.9. The molecular weight excluding hydrogens is 430 g/mol. The van der Waals surface area contributed by atoms with Crippen molar-refractivity contribution < 1.29 is 9.53 Å². The van der Waals surface area contributed by atoms with E-state index in [1.54, 1.807) is 29.8 Å². The smallest absolute Gasteiger partial charge is 0.223 e. The van der Waals surface area contributed by atoms with Gasteiger partial charge in [0.2, 0.25) is 16.0 Å². The Morgan fingerprint density at radius 3 is 2.71 bits per heavy atom. The molecule has 0 unspecified atom stereocenters. The highest BCUT2D eigenvalue weighted by molar-refractivity contribution is 7.20. The van der Waals surface area contributed by atoms with E-state index in [9.17, 15) is 4.79 Å². The molecule has 3 aromatic heterocycles. The number of hydrogen-bond acceptors (Lipinski definition) is 7. The molecule has 1 aromatic carbocycles. The highest BCUT2D eigenvalue weighted by Gasteiger charge is 2.26. The van der Waals surface area contributed by atoms with Gasteiger partial charge in [-0.25, -0.2) is 9.50 Å². The number of hydrogen-bond donors (Lipinski definition) is 1. The maximum Gasteiger partial charge on any atom is 0.223 e. The molecule has 1 N–H and O–H groups in total. The molecule has 1 saturated heterocycles. The molecule has 1 aliphatic heterocycles. The first-order chi connectivity index (χ1) is 15.2. The highest BCUT2D eigenvalue weighted by Crippen LogP contribution is 2.30. The predicted molar refractivity (Wildman–Crippen MR) is 124 cm³/mol. The quantitative estimate of drug-likeness (QED) is 0.477. The number of methoxy groups -OCH3 is 1. The number of rotatable bonds is 6. The van der Waals surface area contributed by atoms with Crippen molar-refractivity contribution in [2.75, 3.05) is 25.1 Å². The van der Waals surface area contributed by atoms with Crippen LogP contribution >= 0.6 is 22.7 Å². The van der Waals surface area contributed by atoms with E-state index in [0.29, 0.717) is 6.54 Å². The molecule has 7 nitrogen and oxygen atoms in total. The normalized spacial score (nSPS) is 14.8. The van der Waals surface area contributed by atoms with E-state index in [2.05, 4.69) is 10.2 Å². The van der Waals surface area contributed by atoms with Gasteiger partial charge in [0.25, 0.3) is 0 Å². The molecule has 1 aliphatic rings. The molecule has 0 bridgehead atoms. The maximum absolute atomic E-state index is 12.5. The molecule has 0 saturated carbocycles. The number of benzene rings is 1. The van der Waals surface area contributed by atoms with Crippen molar-refractivity contribution in [1.82, 2.24) is 19.9 Å². The third kappa shape index (κ3) is 4.28. The molecule has 0 aliphatic carbocycles. The van der Waals surface area contributed by atoms with Crippen LogP contribution < -0.4 is 15.0 Å². The number of imidazole rings is 1. The number of carbonyl (C=O) groups is 1. The zero-order valence-corrected chi connectivity index (χ0v) is 18.8. The van der Waals surface area contributed by atoms with E-state index in [-0.39, 0.29) is 11.8 Å². The number of thiophene rings is 1. The van der Waals surface area contributed by atoms with E-state index in [1.165, 1.54) is 4.88 Å². The summed E-state index contributed by atoms with van der Waals surface area (Å²) in [5, 5.41) is 10.8. The zero-order chi connectivity index (χ0) is 21.2. The second kappa shape index (κ2) is 8.68. The van der Waals surface area contributed by atoms with Crippen molar-refractivity contribution in [3.63, 3.8) is 0 Å². The molecule has 160 valence electrons. The summed E-state index contributed by atoms with van der Waals surface area (Å²) < 4.78 is 7.07. The Balaban J connectivity index is 1.19. The molecule has 5 rings (SSSR count). The minimum atomic E-state index is 0.0712. The number of carbonyl (C=O) groups excluding carboxylic acids is 1. The zero-order valence-electron chi connectivity index (χ0n) is 17.2. The van der Waals surface area contributed by atoms with Crippen LogP contribution in [-0.2, 0) is 11.3 Å². The number of piperidine rings is 1. The van der Waals surface area contributed by atoms with Crippen LogP contribution in [-0.4, -0.2) is 40.7 Å². The van der Waals surface area contributed by atoms with Crippen molar-refractivity contribution in [3.05, 3.63) is 52.9 Å². The highest BCUT2D eigenvalue weighted by atomic mass is 32.1. The number of nitrogens with one attached hydrogen (secondary N) is 1. The molecule has 0 atom stereocenters. The minimum Gasteiger partial charge on any atom is -0.497 e. The third-order valence-corrected chi connectivity index (χ3v) is 7.43. The Kier molecular flexibility index (Phi) is 5.61. The van der Waals surface area contributed by atoms with Crippen LogP contribution in [0.5, 0.6) is 5.75 Å². The predicted octanol–water partition coefficient (Wildman–Crippen LogP) is 4.06. The fourth-order valence-corrected chi connectivity index (χ4v) is 5.36. The maximum atomic E-state index is 12.5. The Hall–Kier alpha value is -2.91. The third-order valence-electron chi connectivity index (χ3n) is 5.57. The van der Waals surface area contributed by atoms with Gasteiger partial charge in [0, 0.05) is 29.4 Å². The summed E-state index contributed by atoms with van der Waals surface area (Å²) in [6.45, 7) is 2.29. The van der Waals surface area contributed by atoms with Gasteiger partial charge in [-0.3, -0.25) is 4.79 Å². The van der Waals surface area contributed by atoms with Gasteiger partial charge < -0.3 is 15.0 Å². The second-order valence-electron chi connectivity index (χ2n) is 7.52. The summed E-state index contributed by atoms with van der Waals surface area (Å²) in [6.07, 6.45) is 3.65. The minimum absolute atomic E-state index is 0.0712. The van der Waals surface area contributed by atoms with Gasteiger partial charge in [-0.15, -0.1) is 16.4 Å². The van der Waals surface area contributed by atoms with Gasteiger partial charge in [-0.2, -0.15) is 0 Å². The largest absolute Gasteiger partial charge is 0.497 e.